The zero-order valence-corrected chi connectivity index (χ0v) is 12.0. The number of rotatable bonds is 6. The number of anilines is 1. The number of hydrogen-bond acceptors (Lipinski definition) is 6. The molecule has 18 heavy (non-hydrogen) atoms. The van der Waals surface area contributed by atoms with Gasteiger partial charge in [-0.05, 0) is 15.9 Å². The zero-order valence-electron chi connectivity index (χ0n) is 9.59. The van der Waals surface area contributed by atoms with Crippen LogP contribution in [0.5, 0.6) is 0 Å². The van der Waals surface area contributed by atoms with E-state index in [0.29, 0.717) is 10.3 Å². The molecule has 1 rings (SSSR count). The highest BCUT2D eigenvalue weighted by Crippen LogP contribution is 2.24. The van der Waals surface area contributed by atoms with E-state index in [4.69, 9.17) is 0 Å². The Kier molecular flexibility index (Phi) is 5.03. The first-order valence-electron chi connectivity index (χ1n) is 5.10. The Bertz CT molecular complexity index is 547. The maximum absolute atomic E-state index is 11.3. The first kappa shape index (κ1) is 14.8. The van der Waals surface area contributed by atoms with Gasteiger partial charge in [0.25, 0.3) is 5.69 Å². The second-order valence-corrected chi connectivity index (χ2v) is 6.77. The van der Waals surface area contributed by atoms with Gasteiger partial charge in [0, 0.05) is 18.4 Å². The highest BCUT2D eigenvalue weighted by molar-refractivity contribution is 9.10. The molecule has 0 fully saturated rings. The summed E-state index contributed by atoms with van der Waals surface area (Å²) in [6.07, 6.45) is 1.11. The maximum atomic E-state index is 11.3. The molecule has 0 saturated carbocycles. The van der Waals surface area contributed by atoms with E-state index in [-0.39, 0.29) is 23.7 Å². The topological polar surface area (TPSA) is 102 Å². The minimum atomic E-state index is -3.04. The molecule has 0 aromatic carbocycles. The Balaban J connectivity index is 2.67. The lowest BCUT2D eigenvalue weighted by Crippen LogP contribution is -2.17. The third-order valence-corrected chi connectivity index (χ3v) is 4.49. The van der Waals surface area contributed by atoms with Crippen molar-refractivity contribution in [2.75, 3.05) is 23.4 Å². The summed E-state index contributed by atoms with van der Waals surface area (Å²) in [4.78, 5) is 13.8. The molecule has 0 amide bonds. The molecule has 0 aliphatic rings. The molecule has 0 spiro atoms. The van der Waals surface area contributed by atoms with Crippen molar-refractivity contribution in [3.8, 4) is 0 Å². The Labute approximate surface area is 113 Å². The van der Waals surface area contributed by atoms with Crippen LogP contribution in [-0.4, -0.2) is 36.4 Å². The van der Waals surface area contributed by atoms with Gasteiger partial charge >= 0.3 is 0 Å². The van der Waals surface area contributed by atoms with Gasteiger partial charge in [0.2, 0.25) is 0 Å². The summed E-state index contributed by atoms with van der Waals surface area (Å²) in [6.45, 7) is 1.79. The van der Waals surface area contributed by atoms with Gasteiger partial charge in [-0.15, -0.1) is 0 Å². The van der Waals surface area contributed by atoms with Crippen LogP contribution in [-0.2, 0) is 9.84 Å². The van der Waals surface area contributed by atoms with E-state index in [1.165, 1.54) is 6.07 Å². The van der Waals surface area contributed by atoms with Crippen LogP contribution >= 0.6 is 15.9 Å². The molecule has 1 N–H and O–H groups in total. The number of pyridine rings is 1. The monoisotopic (exact) mass is 337 g/mol. The molecule has 0 radical (unpaired) electrons. The minimum Gasteiger partial charge on any atom is -0.368 e. The summed E-state index contributed by atoms with van der Waals surface area (Å²) in [5.74, 6) is 0.463. The normalized spacial score (nSPS) is 11.2. The van der Waals surface area contributed by atoms with Crippen molar-refractivity contribution in [3.63, 3.8) is 0 Å². The van der Waals surface area contributed by atoms with E-state index >= 15 is 0 Å². The summed E-state index contributed by atoms with van der Waals surface area (Å²) in [7, 11) is -3.04. The van der Waals surface area contributed by atoms with Gasteiger partial charge in [-0.3, -0.25) is 10.1 Å². The first-order valence-corrected chi connectivity index (χ1v) is 7.71. The molecule has 1 heterocycles. The molecule has 100 valence electrons. The molecule has 7 nitrogen and oxygen atoms in total. The lowest BCUT2D eigenvalue weighted by molar-refractivity contribution is -0.385. The molecule has 9 heteroatoms. The van der Waals surface area contributed by atoms with E-state index in [1.54, 1.807) is 6.92 Å². The van der Waals surface area contributed by atoms with Crippen molar-refractivity contribution in [2.45, 2.75) is 6.92 Å². The highest BCUT2D eigenvalue weighted by atomic mass is 79.9. The lowest BCUT2D eigenvalue weighted by atomic mass is 10.4. The van der Waals surface area contributed by atoms with Gasteiger partial charge in [-0.2, -0.15) is 0 Å². The molecular formula is C9H12BrN3O4S. The molecular weight excluding hydrogens is 326 g/mol. The Morgan fingerprint density at radius 1 is 1.56 bits per heavy atom. The van der Waals surface area contributed by atoms with Gasteiger partial charge in [-0.1, -0.05) is 6.92 Å². The summed E-state index contributed by atoms with van der Waals surface area (Å²) < 4.78 is 22.9. The van der Waals surface area contributed by atoms with Crippen molar-refractivity contribution in [2.24, 2.45) is 0 Å². The van der Waals surface area contributed by atoms with Crippen LogP contribution in [0, 0.1) is 10.1 Å². The van der Waals surface area contributed by atoms with Crippen LogP contribution in [0.1, 0.15) is 6.92 Å². The SMILES string of the molecule is CCS(=O)(=O)CCNc1ncc([N+](=O)[O-])cc1Br. The van der Waals surface area contributed by atoms with Crippen molar-refractivity contribution in [1.29, 1.82) is 0 Å². The van der Waals surface area contributed by atoms with Crippen molar-refractivity contribution in [1.82, 2.24) is 4.98 Å². The van der Waals surface area contributed by atoms with E-state index < -0.39 is 14.8 Å². The zero-order chi connectivity index (χ0) is 13.8. The van der Waals surface area contributed by atoms with Crippen molar-refractivity contribution < 1.29 is 13.3 Å². The Morgan fingerprint density at radius 2 is 2.22 bits per heavy atom. The van der Waals surface area contributed by atoms with Crippen LogP contribution in [0.15, 0.2) is 16.7 Å². The Hall–Kier alpha value is -1.22. The van der Waals surface area contributed by atoms with Gasteiger partial charge in [0.15, 0.2) is 9.84 Å². The average molecular weight is 338 g/mol. The van der Waals surface area contributed by atoms with Gasteiger partial charge < -0.3 is 5.32 Å². The molecule has 0 aliphatic carbocycles. The van der Waals surface area contributed by atoms with Gasteiger partial charge in [-0.25, -0.2) is 13.4 Å². The molecule has 1 aromatic heterocycles. The van der Waals surface area contributed by atoms with Crippen LogP contribution in [0.4, 0.5) is 11.5 Å². The molecule has 0 aliphatic heterocycles. The Morgan fingerprint density at radius 3 is 2.72 bits per heavy atom. The molecule has 1 aromatic rings. The summed E-state index contributed by atoms with van der Waals surface area (Å²) in [6, 6.07) is 1.31. The largest absolute Gasteiger partial charge is 0.368 e. The second-order valence-electron chi connectivity index (χ2n) is 3.44. The van der Waals surface area contributed by atoms with Crippen LogP contribution in [0.3, 0.4) is 0 Å². The summed E-state index contributed by atoms with van der Waals surface area (Å²) >= 11 is 3.13. The molecule has 0 atom stereocenters. The third-order valence-electron chi connectivity index (χ3n) is 2.18. The average Bonchev–Trinajstić information content (AvgIpc) is 2.31. The lowest BCUT2D eigenvalue weighted by Gasteiger charge is -2.07. The number of hydrogen-bond donors (Lipinski definition) is 1. The highest BCUT2D eigenvalue weighted by Gasteiger charge is 2.11. The van der Waals surface area contributed by atoms with Gasteiger partial charge in [0.05, 0.1) is 15.1 Å². The summed E-state index contributed by atoms with van der Waals surface area (Å²) in [5, 5.41) is 13.3. The van der Waals surface area contributed by atoms with Gasteiger partial charge in [0.1, 0.15) is 12.0 Å². The molecule has 0 saturated heterocycles. The van der Waals surface area contributed by atoms with E-state index in [1.807, 2.05) is 0 Å². The second kappa shape index (κ2) is 6.10. The van der Waals surface area contributed by atoms with Crippen LogP contribution in [0.25, 0.3) is 0 Å². The predicted molar refractivity (Wildman–Crippen MR) is 71.4 cm³/mol. The number of nitrogens with one attached hydrogen (secondary N) is 1. The number of aromatic nitrogens is 1. The summed E-state index contributed by atoms with van der Waals surface area (Å²) in [5.41, 5.74) is -0.131. The first-order chi connectivity index (χ1) is 8.35. The fraction of sp³-hybridized carbons (Fsp3) is 0.444. The number of sulfone groups is 1. The fourth-order valence-electron chi connectivity index (χ4n) is 1.13. The number of nitro groups is 1. The fourth-order valence-corrected chi connectivity index (χ4v) is 2.31. The molecule has 0 unspecified atom stereocenters. The van der Waals surface area contributed by atoms with E-state index in [9.17, 15) is 18.5 Å². The van der Waals surface area contributed by atoms with Crippen molar-refractivity contribution >= 4 is 37.3 Å². The smallest absolute Gasteiger partial charge is 0.288 e. The number of nitrogens with zero attached hydrogens (tertiary/aromatic N) is 2. The van der Waals surface area contributed by atoms with Crippen LogP contribution in [0.2, 0.25) is 0 Å². The number of halogens is 1. The quantitative estimate of drug-likeness (QED) is 0.624. The maximum Gasteiger partial charge on any atom is 0.288 e. The third kappa shape index (κ3) is 4.22. The minimum absolute atomic E-state index is 0.00535. The standard InChI is InChI=1S/C9H12BrN3O4S/c1-2-18(16,17)4-3-11-9-8(10)5-7(6-12-9)13(14)15/h5-6H,2-4H2,1H3,(H,11,12). The van der Waals surface area contributed by atoms with E-state index in [2.05, 4.69) is 26.2 Å². The predicted octanol–water partition coefficient (Wildman–Crippen LogP) is 1.60. The molecule has 0 bridgehead atoms. The van der Waals surface area contributed by atoms with Crippen LogP contribution < -0.4 is 5.32 Å². The van der Waals surface area contributed by atoms with E-state index in [0.717, 1.165) is 6.20 Å². The van der Waals surface area contributed by atoms with Crippen molar-refractivity contribution in [3.05, 3.63) is 26.9 Å².